The zero-order chi connectivity index (χ0) is 18.7. The third-order valence-corrected chi connectivity index (χ3v) is 4.97. The van der Waals surface area contributed by atoms with Crippen LogP contribution in [0.15, 0.2) is 67.0 Å². The minimum absolute atomic E-state index is 0.0130. The lowest BCUT2D eigenvalue weighted by Gasteiger charge is -2.18. The highest BCUT2D eigenvalue weighted by Gasteiger charge is 2.44. The molecular formula is C22H21N3O2. The maximum absolute atomic E-state index is 12.5. The van der Waals surface area contributed by atoms with Crippen molar-refractivity contribution < 1.29 is 9.59 Å². The second-order valence-electron chi connectivity index (χ2n) is 7.11. The molecule has 0 atom stereocenters. The Balaban J connectivity index is 1.33. The molecule has 1 aliphatic rings. The number of hydrogen-bond acceptors (Lipinski definition) is 3. The van der Waals surface area contributed by atoms with Gasteiger partial charge in [-0.3, -0.25) is 14.6 Å². The number of nitrogens with one attached hydrogen (secondary N) is 2. The Labute approximate surface area is 157 Å². The second kappa shape index (κ2) is 7.19. The highest BCUT2D eigenvalue weighted by atomic mass is 16.2. The molecule has 0 unspecified atom stereocenters. The van der Waals surface area contributed by atoms with E-state index in [4.69, 9.17) is 0 Å². The monoisotopic (exact) mass is 359 g/mol. The van der Waals surface area contributed by atoms with Crippen LogP contribution >= 0.6 is 0 Å². The van der Waals surface area contributed by atoms with Crippen LogP contribution in [0.1, 0.15) is 28.8 Å². The van der Waals surface area contributed by atoms with Gasteiger partial charge in [-0.15, -0.1) is 0 Å². The van der Waals surface area contributed by atoms with E-state index in [1.165, 1.54) is 5.39 Å². The fourth-order valence-corrected chi connectivity index (χ4v) is 3.23. The summed E-state index contributed by atoms with van der Waals surface area (Å²) in [6.07, 6.45) is 5.28. The third kappa shape index (κ3) is 4.14. The van der Waals surface area contributed by atoms with Crippen LogP contribution in [-0.2, 0) is 11.2 Å². The number of fused-ring (bicyclic) bond motifs is 1. The lowest BCUT2D eigenvalue weighted by atomic mass is 10.0. The first-order chi connectivity index (χ1) is 13.1. The van der Waals surface area contributed by atoms with Crippen molar-refractivity contribution >= 4 is 22.6 Å². The van der Waals surface area contributed by atoms with E-state index in [1.807, 2.05) is 30.3 Å². The molecule has 4 rings (SSSR count). The number of rotatable bonds is 6. The van der Waals surface area contributed by atoms with Crippen molar-refractivity contribution in [1.29, 1.82) is 0 Å². The smallest absolute Gasteiger partial charge is 0.251 e. The van der Waals surface area contributed by atoms with Crippen LogP contribution in [0, 0.1) is 0 Å². The third-order valence-electron chi connectivity index (χ3n) is 4.97. The van der Waals surface area contributed by atoms with Gasteiger partial charge in [0.2, 0.25) is 5.91 Å². The summed E-state index contributed by atoms with van der Waals surface area (Å²) >= 11 is 0. The Bertz CT molecular complexity index is 981. The number of hydrogen-bond donors (Lipinski definition) is 2. The summed E-state index contributed by atoms with van der Waals surface area (Å²) in [5.74, 6) is -0.159. The predicted molar refractivity (Wildman–Crippen MR) is 104 cm³/mol. The molecule has 0 aliphatic heterocycles. The first-order valence-electron chi connectivity index (χ1n) is 9.11. The Kier molecular flexibility index (Phi) is 4.59. The maximum Gasteiger partial charge on any atom is 0.251 e. The van der Waals surface area contributed by atoms with E-state index in [2.05, 4.69) is 27.8 Å². The van der Waals surface area contributed by atoms with Crippen LogP contribution in [0.4, 0.5) is 0 Å². The van der Waals surface area contributed by atoms with Crippen LogP contribution < -0.4 is 10.6 Å². The van der Waals surface area contributed by atoms with Crippen molar-refractivity contribution in [1.82, 2.24) is 15.6 Å². The first-order valence-corrected chi connectivity index (χ1v) is 9.11. The number of aromatic nitrogens is 1. The highest BCUT2D eigenvalue weighted by Crippen LogP contribution is 2.34. The van der Waals surface area contributed by atoms with Gasteiger partial charge in [0, 0.05) is 24.5 Å². The number of carbonyl (C=O) groups excluding carboxylic acids is 2. The Hall–Kier alpha value is -3.21. The minimum atomic E-state index is -0.309. The van der Waals surface area contributed by atoms with E-state index in [0.29, 0.717) is 18.5 Å². The zero-order valence-corrected chi connectivity index (χ0v) is 14.9. The maximum atomic E-state index is 12.5. The molecule has 27 heavy (non-hydrogen) atoms. The fourth-order valence-electron chi connectivity index (χ4n) is 3.23. The van der Waals surface area contributed by atoms with Crippen LogP contribution in [0.3, 0.4) is 0 Å². The van der Waals surface area contributed by atoms with Crippen molar-refractivity contribution in [2.75, 3.05) is 6.54 Å². The summed E-state index contributed by atoms with van der Waals surface area (Å²) in [5.41, 5.74) is 1.25. The summed E-state index contributed by atoms with van der Waals surface area (Å²) in [6.45, 7) is 0.442. The summed E-state index contributed by atoms with van der Waals surface area (Å²) in [6, 6.07) is 17.5. The van der Waals surface area contributed by atoms with Gasteiger partial charge in [0.05, 0.1) is 12.0 Å². The normalized spacial score (nSPS) is 14.5. The molecule has 1 aliphatic carbocycles. The molecule has 2 aromatic carbocycles. The molecule has 2 amide bonds. The van der Waals surface area contributed by atoms with Crippen molar-refractivity contribution in [3.05, 3.63) is 78.1 Å². The number of carbonyl (C=O) groups is 2. The summed E-state index contributed by atoms with van der Waals surface area (Å²) in [5, 5.41) is 8.32. The quantitative estimate of drug-likeness (QED) is 0.711. The summed E-state index contributed by atoms with van der Waals surface area (Å²) in [7, 11) is 0. The fraction of sp³-hybridized carbons (Fsp3) is 0.227. The molecule has 1 saturated carbocycles. The summed E-state index contributed by atoms with van der Waals surface area (Å²) < 4.78 is 0. The van der Waals surface area contributed by atoms with Crippen LogP contribution in [0.5, 0.6) is 0 Å². The molecule has 1 heterocycles. The van der Waals surface area contributed by atoms with E-state index in [0.717, 1.165) is 23.8 Å². The number of nitrogens with zero attached hydrogens (tertiary/aromatic N) is 1. The van der Waals surface area contributed by atoms with Gasteiger partial charge >= 0.3 is 0 Å². The SMILES string of the molecule is O=C(Cc1ccc2ccccc2c1)NC1(CNC(=O)c2ccncc2)CC1. The van der Waals surface area contributed by atoms with Gasteiger partial charge in [-0.05, 0) is 41.3 Å². The molecule has 0 radical (unpaired) electrons. The van der Waals surface area contributed by atoms with Gasteiger partial charge in [0.1, 0.15) is 0 Å². The summed E-state index contributed by atoms with van der Waals surface area (Å²) in [4.78, 5) is 28.6. The van der Waals surface area contributed by atoms with Crippen LogP contribution in [0.25, 0.3) is 10.8 Å². The molecule has 0 bridgehead atoms. The average Bonchev–Trinajstić information content (AvgIpc) is 3.46. The molecule has 0 spiro atoms. The zero-order valence-electron chi connectivity index (χ0n) is 14.9. The predicted octanol–water partition coefficient (Wildman–Crippen LogP) is 2.86. The van der Waals surface area contributed by atoms with Crippen molar-refractivity contribution in [2.24, 2.45) is 0 Å². The molecule has 1 fully saturated rings. The van der Waals surface area contributed by atoms with E-state index in [1.54, 1.807) is 24.5 Å². The second-order valence-corrected chi connectivity index (χ2v) is 7.11. The van der Waals surface area contributed by atoms with E-state index in [-0.39, 0.29) is 17.4 Å². The molecule has 1 aromatic heterocycles. The van der Waals surface area contributed by atoms with Gasteiger partial charge in [-0.25, -0.2) is 0 Å². The molecule has 5 nitrogen and oxygen atoms in total. The van der Waals surface area contributed by atoms with E-state index in [9.17, 15) is 9.59 Å². The molecule has 0 saturated heterocycles. The molecular weight excluding hydrogens is 338 g/mol. The van der Waals surface area contributed by atoms with Gasteiger partial charge < -0.3 is 10.6 Å². The number of pyridine rings is 1. The van der Waals surface area contributed by atoms with Crippen molar-refractivity contribution in [2.45, 2.75) is 24.8 Å². The topological polar surface area (TPSA) is 71.1 Å². The van der Waals surface area contributed by atoms with Crippen LogP contribution in [-0.4, -0.2) is 28.9 Å². The first kappa shape index (κ1) is 17.2. The lowest BCUT2D eigenvalue weighted by Crippen LogP contribution is -2.46. The molecule has 5 heteroatoms. The van der Waals surface area contributed by atoms with E-state index >= 15 is 0 Å². The van der Waals surface area contributed by atoms with E-state index < -0.39 is 0 Å². The Morgan fingerprint density at radius 1 is 0.963 bits per heavy atom. The largest absolute Gasteiger partial charge is 0.350 e. The molecule has 2 N–H and O–H groups in total. The van der Waals surface area contributed by atoms with Gasteiger partial charge in [0.15, 0.2) is 0 Å². The van der Waals surface area contributed by atoms with Crippen LogP contribution in [0.2, 0.25) is 0 Å². The van der Waals surface area contributed by atoms with Gasteiger partial charge in [-0.1, -0.05) is 42.5 Å². The van der Waals surface area contributed by atoms with Gasteiger partial charge in [-0.2, -0.15) is 0 Å². The van der Waals surface area contributed by atoms with Crippen molar-refractivity contribution in [3.8, 4) is 0 Å². The lowest BCUT2D eigenvalue weighted by molar-refractivity contribution is -0.121. The highest BCUT2D eigenvalue weighted by molar-refractivity contribution is 5.94. The Morgan fingerprint density at radius 3 is 2.44 bits per heavy atom. The number of amides is 2. The molecule has 136 valence electrons. The Morgan fingerprint density at radius 2 is 1.70 bits per heavy atom. The average molecular weight is 359 g/mol. The standard InChI is InChI=1S/C22H21N3O2/c26-20(14-16-5-6-17-3-1-2-4-19(17)13-16)25-22(9-10-22)15-24-21(27)18-7-11-23-12-8-18/h1-8,11-13H,9-10,14-15H2,(H,24,27)(H,25,26). The van der Waals surface area contributed by atoms with Crippen molar-refractivity contribution in [3.63, 3.8) is 0 Å². The number of benzene rings is 2. The minimum Gasteiger partial charge on any atom is -0.350 e. The van der Waals surface area contributed by atoms with Gasteiger partial charge in [0.25, 0.3) is 5.91 Å². The molecule has 3 aromatic rings.